The Kier molecular flexibility index (Phi) is 8.42. The van der Waals surface area contributed by atoms with Gasteiger partial charge in [0.15, 0.2) is 0 Å². The molecule has 0 amide bonds. The van der Waals surface area contributed by atoms with E-state index in [0.29, 0.717) is 38.0 Å². The van der Waals surface area contributed by atoms with Crippen LogP contribution in [0.4, 0.5) is 0 Å². The van der Waals surface area contributed by atoms with E-state index < -0.39 is 6.10 Å². The topological polar surface area (TPSA) is 87.7 Å². The Bertz CT molecular complexity index is 933. The van der Waals surface area contributed by atoms with Crippen LogP contribution in [0.2, 0.25) is 0 Å². The number of terminal acetylenes is 1. The zero-order valence-corrected chi connectivity index (χ0v) is 18.6. The number of H-pyrrole nitrogens is 1. The van der Waals surface area contributed by atoms with Gasteiger partial charge in [-0.25, -0.2) is 4.98 Å². The molecule has 1 aliphatic carbocycles. The van der Waals surface area contributed by atoms with Gasteiger partial charge in [0.05, 0.1) is 24.6 Å². The van der Waals surface area contributed by atoms with Crippen molar-refractivity contribution in [3.63, 3.8) is 0 Å². The Labute approximate surface area is 181 Å². The SMILES string of the molecule is C#CCOC[C@H](O)CN(CCCOC)Cc1nc2sc3c(c2c(=O)[nH]1)CC[C@H](C)C3. The van der Waals surface area contributed by atoms with E-state index in [4.69, 9.17) is 20.9 Å². The second kappa shape index (κ2) is 11.0. The third-order valence-electron chi connectivity index (χ3n) is 5.38. The van der Waals surface area contributed by atoms with E-state index in [1.807, 2.05) is 0 Å². The quantitative estimate of drug-likeness (QED) is 0.416. The van der Waals surface area contributed by atoms with Crippen LogP contribution in [-0.2, 0) is 28.9 Å². The lowest BCUT2D eigenvalue weighted by molar-refractivity contribution is 0.0239. The molecule has 0 saturated carbocycles. The lowest BCUT2D eigenvalue weighted by atomic mass is 9.89. The highest BCUT2D eigenvalue weighted by molar-refractivity contribution is 7.18. The van der Waals surface area contributed by atoms with Gasteiger partial charge in [0, 0.05) is 31.7 Å². The van der Waals surface area contributed by atoms with Gasteiger partial charge in [-0.3, -0.25) is 9.69 Å². The van der Waals surface area contributed by atoms with Gasteiger partial charge in [-0.2, -0.15) is 0 Å². The van der Waals surface area contributed by atoms with Gasteiger partial charge in [-0.15, -0.1) is 17.8 Å². The Hall–Kier alpha value is -1.76. The van der Waals surface area contributed by atoms with Gasteiger partial charge < -0.3 is 19.6 Å². The van der Waals surface area contributed by atoms with E-state index >= 15 is 0 Å². The highest BCUT2D eigenvalue weighted by atomic mass is 32.1. The van der Waals surface area contributed by atoms with Crippen LogP contribution in [0.1, 0.15) is 36.0 Å². The fourth-order valence-corrected chi connectivity index (χ4v) is 5.35. The van der Waals surface area contributed by atoms with Crippen LogP contribution in [0.25, 0.3) is 10.2 Å². The predicted octanol–water partition coefficient (Wildman–Crippen LogP) is 1.96. The molecule has 30 heavy (non-hydrogen) atoms. The minimum Gasteiger partial charge on any atom is -0.389 e. The smallest absolute Gasteiger partial charge is 0.259 e. The molecule has 2 atom stereocenters. The summed E-state index contributed by atoms with van der Waals surface area (Å²) in [5.41, 5.74) is 1.13. The number of aromatic nitrogens is 2. The molecule has 164 valence electrons. The molecule has 1 aliphatic rings. The van der Waals surface area contributed by atoms with Crippen LogP contribution in [-0.4, -0.2) is 66.1 Å². The van der Waals surface area contributed by atoms with Crippen molar-refractivity contribution in [2.45, 2.75) is 45.3 Å². The number of thiophene rings is 1. The molecule has 0 bridgehead atoms. The summed E-state index contributed by atoms with van der Waals surface area (Å²) in [4.78, 5) is 24.8. The number of methoxy groups -OCH3 is 1. The number of nitrogens with zero attached hydrogens (tertiary/aromatic N) is 2. The maximum absolute atomic E-state index is 12.8. The van der Waals surface area contributed by atoms with Crippen molar-refractivity contribution in [3.8, 4) is 12.3 Å². The summed E-state index contributed by atoms with van der Waals surface area (Å²) in [5.74, 6) is 3.66. The third kappa shape index (κ3) is 5.90. The lowest BCUT2D eigenvalue weighted by Crippen LogP contribution is -2.36. The van der Waals surface area contributed by atoms with Crippen molar-refractivity contribution >= 4 is 21.6 Å². The Morgan fingerprint density at radius 2 is 2.33 bits per heavy atom. The van der Waals surface area contributed by atoms with Crippen LogP contribution in [0, 0.1) is 18.3 Å². The number of nitrogens with one attached hydrogen (secondary N) is 1. The van der Waals surface area contributed by atoms with Gasteiger partial charge in [0.2, 0.25) is 0 Å². The van der Waals surface area contributed by atoms with E-state index in [-0.39, 0.29) is 18.8 Å². The first-order valence-electron chi connectivity index (χ1n) is 10.5. The number of aliphatic hydroxyl groups is 1. The summed E-state index contributed by atoms with van der Waals surface area (Å²) in [7, 11) is 1.67. The minimum atomic E-state index is -0.674. The van der Waals surface area contributed by atoms with Crippen molar-refractivity contribution in [1.82, 2.24) is 14.9 Å². The fraction of sp³-hybridized carbons (Fsp3) is 0.636. The molecule has 0 radical (unpaired) electrons. The van der Waals surface area contributed by atoms with Crippen LogP contribution < -0.4 is 5.56 Å². The van der Waals surface area contributed by atoms with Crippen LogP contribution in [0.3, 0.4) is 0 Å². The molecule has 2 N–H and O–H groups in total. The normalized spacial score (nSPS) is 17.2. The largest absolute Gasteiger partial charge is 0.389 e. The number of hydrogen-bond donors (Lipinski definition) is 2. The number of ether oxygens (including phenoxy) is 2. The van der Waals surface area contributed by atoms with Crippen LogP contribution in [0.5, 0.6) is 0 Å². The summed E-state index contributed by atoms with van der Waals surface area (Å²) in [6, 6.07) is 0. The second-order valence-electron chi connectivity index (χ2n) is 8.00. The van der Waals surface area contributed by atoms with Gasteiger partial charge in [0.1, 0.15) is 17.3 Å². The summed E-state index contributed by atoms with van der Waals surface area (Å²) in [6.45, 7) is 4.78. The molecular formula is C22H31N3O4S. The molecule has 0 unspecified atom stereocenters. The van der Waals surface area contributed by atoms with Crippen molar-refractivity contribution in [2.75, 3.05) is 40.0 Å². The molecule has 2 aromatic rings. The van der Waals surface area contributed by atoms with Gasteiger partial charge >= 0.3 is 0 Å². The third-order valence-corrected chi connectivity index (χ3v) is 6.52. The average Bonchev–Trinajstić information content (AvgIpc) is 3.06. The first kappa shape index (κ1) is 22.9. The van der Waals surface area contributed by atoms with Crippen molar-refractivity contribution in [2.24, 2.45) is 5.92 Å². The van der Waals surface area contributed by atoms with Crippen LogP contribution in [0.15, 0.2) is 4.79 Å². The fourth-order valence-electron chi connectivity index (χ4n) is 3.95. The molecule has 7 nitrogen and oxygen atoms in total. The maximum Gasteiger partial charge on any atom is 0.259 e. The molecule has 2 heterocycles. The molecule has 0 aromatic carbocycles. The van der Waals surface area contributed by atoms with Crippen molar-refractivity contribution in [3.05, 3.63) is 26.6 Å². The molecule has 3 rings (SSSR count). The molecule has 0 saturated heterocycles. The molecule has 8 heteroatoms. The lowest BCUT2D eigenvalue weighted by Gasteiger charge is -2.24. The maximum atomic E-state index is 12.8. The van der Waals surface area contributed by atoms with Gasteiger partial charge in [-0.1, -0.05) is 12.8 Å². The average molecular weight is 434 g/mol. The molecule has 0 fully saturated rings. The predicted molar refractivity (Wildman–Crippen MR) is 119 cm³/mol. The highest BCUT2D eigenvalue weighted by Crippen LogP contribution is 2.35. The summed E-state index contributed by atoms with van der Waals surface area (Å²) in [5, 5.41) is 11.0. The molecule has 0 aliphatic heterocycles. The van der Waals surface area contributed by atoms with Crippen molar-refractivity contribution in [1.29, 1.82) is 0 Å². The minimum absolute atomic E-state index is 0.0585. The standard InChI is InChI=1S/C22H31N3O4S/c1-4-9-29-14-16(26)12-25(8-5-10-28-3)13-19-23-21(27)20-17-7-6-15(2)11-18(17)30-22(20)24-19/h1,15-16,26H,5-14H2,2-3H3,(H,23,24,27)/t15-,16+/m0/s1. The zero-order valence-electron chi connectivity index (χ0n) is 17.8. The summed E-state index contributed by atoms with van der Waals surface area (Å²) >= 11 is 1.65. The molecular weight excluding hydrogens is 402 g/mol. The monoisotopic (exact) mass is 433 g/mol. The van der Waals surface area contributed by atoms with Crippen molar-refractivity contribution < 1.29 is 14.6 Å². The second-order valence-corrected chi connectivity index (χ2v) is 9.08. The zero-order chi connectivity index (χ0) is 21.5. The van der Waals surface area contributed by atoms with E-state index in [9.17, 15) is 9.90 Å². The Morgan fingerprint density at radius 1 is 1.50 bits per heavy atom. The van der Waals surface area contributed by atoms with Gasteiger partial charge in [-0.05, 0) is 37.2 Å². The number of aliphatic hydroxyl groups excluding tert-OH is 1. The number of aryl methyl sites for hydroxylation is 1. The van der Waals surface area contributed by atoms with Crippen LogP contribution >= 0.6 is 11.3 Å². The first-order valence-corrected chi connectivity index (χ1v) is 11.3. The first-order chi connectivity index (χ1) is 14.5. The molecule has 0 spiro atoms. The number of hydrogen-bond acceptors (Lipinski definition) is 7. The number of fused-ring (bicyclic) bond motifs is 3. The number of aromatic amines is 1. The van der Waals surface area contributed by atoms with E-state index in [0.717, 1.165) is 35.9 Å². The highest BCUT2D eigenvalue weighted by Gasteiger charge is 2.23. The van der Waals surface area contributed by atoms with E-state index in [1.54, 1.807) is 18.4 Å². The van der Waals surface area contributed by atoms with Gasteiger partial charge in [0.25, 0.3) is 5.56 Å². The van der Waals surface area contributed by atoms with E-state index in [2.05, 4.69) is 22.7 Å². The van der Waals surface area contributed by atoms with E-state index in [1.165, 1.54) is 10.4 Å². The number of rotatable bonds is 11. The summed E-state index contributed by atoms with van der Waals surface area (Å²) < 4.78 is 10.4. The summed E-state index contributed by atoms with van der Waals surface area (Å²) in [6.07, 6.45) is 8.41. The Morgan fingerprint density at radius 3 is 3.10 bits per heavy atom. The molecule has 2 aromatic heterocycles. The Balaban J connectivity index is 1.75.